The Morgan fingerprint density at radius 2 is 1.95 bits per heavy atom. The van der Waals surface area contributed by atoms with Crippen LogP contribution in [0, 0.1) is 12.7 Å². The fourth-order valence-electron chi connectivity index (χ4n) is 1.72. The van der Waals surface area contributed by atoms with Gasteiger partial charge in [-0.25, -0.2) is 4.39 Å². The predicted molar refractivity (Wildman–Crippen MR) is 79.1 cm³/mol. The number of carbonyl (C=O) groups is 1. The number of benzene rings is 1. The summed E-state index contributed by atoms with van der Waals surface area (Å²) in [6, 6.07) is 8.44. The molecule has 4 heteroatoms. The molecule has 0 bridgehead atoms. The average molecular weight is 274 g/mol. The van der Waals surface area contributed by atoms with Crippen molar-refractivity contribution in [2.24, 2.45) is 0 Å². The number of hydrogen-bond acceptors (Lipinski definition) is 2. The summed E-state index contributed by atoms with van der Waals surface area (Å²) in [5, 5.41) is 2.49. The molecule has 2 aromatic rings. The second-order valence-corrected chi connectivity index (χ2v) is 3.95. The van der Waals surface area contributed by atoms with E-state index < -0.39 is 0 Å². The number of amides is 1. The van der Waals surface area contributed by atoms with Gasteiger partial charge in [-0.2, -0.15) is 0 Å². The van der Waals surface area contributed by atoms with Gasteiger partial charge >= 0.3 is 0 Å². The molecule has 0 aliphatic heterocycles. The SMILES string of the molecule is CC.CNC(=O)c1cc(-c2cccc(C)c2F)ccn1. The lowest BCUT2D eigenvalue weighted by Crippen LogP contribution is -2.19. The van der Waals surface area contributed by atoms with Crippen LogP contribution in [0.1, 0.15) is 29.9 Å². The van der Waals surface area contributed by atoms with E-state index in [1.807, 2.05) is 13.8 Å². The van der Waals surface area contributed by atoms with E-state index in [1.165, 1.54) is 13.2 Å². The van der Waals surface area contributed by atoms with Gasteiger partial charge in [0.25, 0.3) is 5.91 Å². The first-order valence-electron chi connectivity index (χ1n) is 6.57. The summed E-state index contributed by atoms with van der Waals surface area (Å²) in [7, 11) is 1.53. The molecule has 0 fully saturated rings. The standard InChI is InChI=1S/C14H13FN2O.C2H6/c1-9-4-3-5-11(13(9)15)10-6-7-17-12(8-10)14(18)16-2;1-2/h3-8H,1-2H3,(H,16,18);1-2H3. The van der Waals surface area contributed by atoms with Crippen molar-refractivity contribution in [3.05, 3.63) is 53.6 Å². The molecule has 0 aliphatic carbocycles. The second kappa shape index (κ2) is 7.38. The van der Waals surface area contributed by atoms with Crippen molar-refractivity contribution in [2.75, 3.05) is 7.05 Å². The highest BCUT2D eigenvalue weighted by molar-refractivity contribution is 5.93. The summed E-state index contributed by atoms with van der Waals surface area (Å²) in [6.45, 7) is 5.71. The number of carbonyl (C=O) groups excluding carboxylic acids is 1. The molecule has 0 spiro atoms. The number of hydrogen-bond donors (Lipinski definition) is 1. The Hall–Kier alpha value is -2.23. The van der Waals surface area contributed by atoms with E-state index in [1.54, 1.807) is 37.3 Å². The molecule has 1 aromatic heterocycles. The molecule has 1 amide bonds. The van der Waals surface area contributed by atoms with Gasteiger partial charge in [-0.15, -0.1) is 0 Å². The number of pyridine rings is 1. The molecular weight excluding hydrogens is 255 g/mol. The molecule has 1 heterocycles. The van der Waals surface area contributed by atoms with E-state index in [2.05, 4.69) is 10.3 Å². The van der Waals surface area contributed by atoms with Crippen molar-refractivity contribution < 1.29 is 9.18 Å². The van der Waals surface area contributed by atoms with Crippen LogP contribution in [0.3, 0.4) is 0 Å². The van der Waals surface area contributed by atoms with Gasteiger partial charge in [-0.1, -0.05) is 32.0 Å². The van der Waals surface area contributed by atoms with Crippen LogP contribution in [-0.2, 0) is 0 Å². The van der Waals surface area contributed by atoms with Crippen molar-refractivity contribution in [3.63, 3.8) is 0 Å². The zero-order chi connectivity index (χ0) is 15.1. The maximum Gasteiger partial charge on any atom is 0.269 e. The minimum Gasteiger partial charge on any atom is -0.354 e. The smallest absolute Gasteiger partial charge is 0.269 e. The Bertz CT molecular complexity index is 597. The first-order valence-corrected chi connectivity index (χ1v) is 6.57. The number of aromatic nitrogens is 1. The maximum atomic E-state index is 14.0. The Labute approximate surface area is 118 Å². The van der Waals surface area contributed by atoms with Gasteiger partial charge in [0.2, 0.25) is 0 Å². The zero-order valence-electron chi connectivity index (χ0n) is 12.2. The zero-order valence-corrected chi connectivity index (χ0v) is 12.2. The normalized spacial score (nSPS) is 9.45. The van der Waals surface area contributed by atoms with Gasteiger partial charge < -0.3 is 5.32 Å². The van der Waals surface area contributed by atoms with E-state index in [0.29, 0.717) is 16.7 Å². The molecule has 0 unspecified atom stereocenters. The van der Waals surface area contributed by atoms with Crippen LogP contribution in [0.25, 0.3) is 11.1 Å². The predicted octanol–water partition coefficient (Wildman–Crippen LogP) is 3.58. The van der Waals surface area contributed by atoms with Crippen molar-refractivity contribution in [3.8, 4) is 11.1 Å². The van der Waals surface area contributed by atoms with Gasteiger partial charge in [0.1, 0.15) is 11.5 Å². The molecular formula is C16H19FN2O. The highest BCUT2D eigenvalue weighted by Gasteiger charge is 2.10. The van der Waals surface area contributed by atoms with Crippen LogP contribution >= 0.6 is 0 Å². The Kier molecular flexibility index (Phi) is 5.84. The molecule has 1 aromatic carbocycles. The van der Waals surface area contributed by atoms with Gasteiger partial charge in [0, 0.05) is 18.8 Å². The van der Waals surface area contributed by atoms with Crippen LogP contribution in [0.2, 0.25) is 0 Å². The van der Waals surface area contributed by atoms with Crippen LogP contribution in [-0.4, -0.2) is 17.9 Å². The van der Waals surface area contributed by atoms with Crippen molar-refractivity contribution in [1.29, 1.82) is 0 Å². The Morgan fingerprint density at radius 1 is 1.25 bits per heavy atom. The fourth-order valence-corrected chi connectivity index (χ4v) is 1.72. The van der Waals surface area contributed by atoms with E-state index in [0.717, 1.165) is 0 Å². The third-order valence-corrected chi connectivity index (χ3v) is 2.72. The molecule has 0 saturated heterocycles. The summed E-state index contributed by atoms with van der Waals surface area (Å²) < 4.78 is 14.0. The summed E-state index contributed by atoms with van der Waals surface area (Å²) >= 11 is 0. The van der Waals surface area contributed by atoms with Gasteiger partial charge in [0.05, 0.1) is 0 Å². The average Bonchev–Trinajstić information content (AvgIpc) is 2.51. The van der Waals surface area contributed by atoms with Crippen molar-refractivity contribution in [1.82, 2.24) is 10.3 Å². The molecule has 0 radical (unpaired) electrons. The minimum absolute atomic E-state index is 0.272. The topological polar surface area (TPSA) is 42.0 Å². The van der Waals surface area contributed by atoms with Gasteiger partial charge in [-0.3, -0.25) is 9.78 Å². The molecule has 0 atom stereocenters. The quantitative estimate of drug-likeness (QED) is 0.909. The number of halogens is 1. The highest BCUT2D eigenvalue weighted by atomic mass is 19.1. The first kappa shape index (κ1) is 15.8. The molecule has 1 N–H and O–H groups in total. The molecule has 3 nitrogen and oxygen atoms in total. The van der Waals surface area contributed by atoms with E-state index >= 15 is 0 Å². The molecule has 2 rings (SSSR count). The van der Waals surface area contributed by atoms with Crippen LogP contribution in [0.4, 0.5) is 4.39 Å². The van der Waals surface area contributed by atoms with E-state index in [4.69, 9.17) is 0 Å². The largest absolute Gasteiger partial charge is 0.354 e. The lowest BCUT2D eigenvalue weighted by Gasteiger charge is -2.07. The maximum absolute atomic E-state index is 14.0. The molecule has 0 saturated carbocycles. The lowest BCUT2D eigenvalue weighted by molar-refractivity contribution is 0.0958. The molecule has 20 heavy (non-hydrogen) atoms. The van der Waals surface area contributed by atoms with Gasteiger partial charge in [0.15, 0.2) is 0 Å². The Morgan fingerprint density at radius 3 is 2.60 bits per heavy atom. The van der Waals surface area contributed by atoms with E-state index in [9.17, 15) is 9.18 Å². The van der Waals surface area contributed by atoms with Crippen molar-refractivity contribution >= 4 is 5.91 Å². The number of nitrogens with zero attached hydrogens (tertiary/aromatic N) is 1. The number of nitrogens with one attached hydrogen (secondary N) is 1. The van der Waals surface area contributed by atoms with Crippen molar-refractivity contribution in [2.45, 2.75) is 20.8 Å². The van der Waals surface area contributed by atoms with Crippen LogP contribution in [0.15, 0.2) is 36.5 Å². The highest BCUT2D eigenvalue weighted by Crippen LogP contribution is 2.24. The van der Waals surface area contributed by atoms with Gasteiger partial charge in [-0.05, 0) is 30.2 Å². The summed E-state index contributed by atoms with van der Waals surface area (Å²) in [5.74, 6) is -0.559. The summed E-state index contributed by atoms with van der Waals surface area (Å²) in [6.07, 6.45) is 1.50. The molecule has 0 aliphatic rings. The third-order valence-electron chi connectivity index (χ3n) is 2.72. The monoisotopic (exact) mass is 274 g/mol. The number of aryl methyl sites for hydroxylation is 1. The van der Waals surface area contributed by atoms with Crippen LogP contribution < -0.4 is 5.32 Å². The fraction of sp³-hybridized carbons (Fsp3) is 0.250. The molecule has 106 valence electrons. The summed E-state index contributed by atoms with van der Waals surface area (Å²) in [4.78, 5) is 15.4. The number of rotatable bonds is 2. The van der Waals surface area contributed by atoms with Crippen LogP contribution in [0.5, 0.6) is 0 Å². The first-order chi connectivity index (χ1) is 9.63. The van der Waals surface area contributed by atoms with E-state index in [-0.39, 0.29) is 17.4 Å². The minimum atomic E-state index is -0.287. The summed E-state index contributed by atoms with van der Waals surface area (Å²) in [5.41, 5.74) is 1.97. The third kappa shape index (κ3) is 3.41. The second-order valence-electron chi connectivity index (χ2n) is 3.95. The lowest BCUT2D eigenvalue weighted by atomic mass is 10.0. The Balaban J connectivity index is 0.000000956.